The molecule has 94 valence electrons. The smallest absolute Gasteiger partial charge is 0.123 e. The summed E-state index contributed by atoms with van der Waals surface area (Å²) in [5.41, 5.74) is 7.24. The van der Waals surface area contributed by atoms with Crippen molar-refractivity contribution in [3.05, 3.63) is 35.6 Å². The van der Waals surface area contributed by atoms with Crippen molar-refractivity contribution in [3.63, 3.8) is 0 Å². The lowest BCUT2D eigenvalue weighted by Crippen LogP contribution is -2.26. The van der Waals surface area contributed by atoms with Crippen LogP contribution in [0, 0.1) is 17.7 Å². The molecule has 0 aromatic heterocycles. The van der Waals surface area contributed by atoms with Crippen molar-refractivity contribution >= 4 is 0 Å². The first-order chi connectivity index (χ1) is 8.20. The maximum Gasteiger partial charge on any atom is 0.123 e. The third-order valence-corrected chi connectivity index (χ3v) is 4.14. The molecular weight excluding hydrogens is 213 g/mol. The minimum absolute atomic E-state index is 0.0000463. The van der Waals surface area contributed by atoms with E-state index in [0.29, 0.717) is 5.92 Å². The molecule has 0 saturated heterocycles. The quantitative estimate of drug-likeness (QED) is 0.840. The zero-order chi connectivity index (χ0) is 12.3. The van der Waals surface area contributed by atoms with Crippen LogP contribution in [0.3, 0.4) is 0 Å². The molecule has 0 radical (unpaired) electrons. The summed E-state index contributed by atoms with van der Waals surface area (Å²) in [5.74, 6) is 1.16. The van der Waals surface area contributed by atoms with Gasteiger partial charge in [0.2, 0.25) is 0 Å². The van der Waals surface area contributed by atoms with Crippen LogP contribution < -0.4 is 5.73 Å². The van der Waals surface area contributed by atoms with Gasteiger partial charge in [-0.3, -0.25) is 0 Å². The van der Waals surface area contributed by atoms with Gasteiger partial charge in [0, 0.05) is 6.04 Å². The van der Waals surface area contributed by atoms with E-state index < -0.39 is 0 Å². The first-order valence-corrected chi connectivity index (χ1v) is 6.71. The van der Waals surface area contributed by atoms with Crippen molar-refractivity contribution < 1.29 is 4.39 Å². The Bertz CT molecular complexity index is 364. The zero-order valence-corrected chi connectivity index (χ0v) is 10.5. The monoisotopic (exact) mass is 235 g/mol. The molecule has 1 aromatic rings. The Morgan fingerprint density at radius 2 is 2.24 bits per heavy atom. The second kappa shape index (κ2) is 5.63. The lowest BCUT2D eigenvalue weighted by molar-refractivity contribution is 0.230. The fourth-order valence-corrected chi connectivity index (χ4v) is 3.02. The van der Waals surface area contributed by atoms with Crippen molar-refractivity contribution in [1.82, 2.24) is 0 Å². The van der Waals surface area contributed by atoms with E-state index in [2.05, 4.69) is 6.92 Å². The minimum Gasteiger partial charge on any atom is -0.324 e. The summed E-state index contributed by atoms with van der Waals surface area (Å²) in [6, 6.07) is 6.76. The van der Waals surface area contributed by atoms with Gasteiger partial charge in [0.25, 0.3) is 0 Å². The van der Waals surface area contributed by atoms with E-state index in [9.17, 15) is 4.39 Å². The fourth-order valence-electron chi connectivity index (χ4n) is 3.02. The summed E-state index contributed by atoms with van der Waals surface area (Å²) in [7, 11) is 0. The number of rotatable bonds is 3. The SMILES string of the molecule is CCC1CCCC(C(N)c2cccc(F)c2)C1. The highest BCUT2D eigenvalue weighted by Crippen LogP contribution is 2.37. The number of hydrogen-bond donors (Lipinski definition) is 1. The molecule has 0 bridgehead atoms. The zero-order valence-electron chi connectivity index (χ0n) is 10.5. The van der Waals surface area contributed by atoms with Gasteiger partial charge in [0.05, 0.1) is 0 Å². The van der Waals surface area contributed by atoms with Crippen molar-refractivity contribution in [3.8, 4) is 0 Å². The number of hydrogen-bond acceptors (Lipinski definition) is 1. The van der Waals surface area contributed by atoms with Crippen LogP contribution in [0.25, 0.3) is 0 Å². The fraction of sp³-hybridized carbons (Fsp3) is 0.600. The predicted molar refractivity (Wildman–Crippen MR) is 69.1 cm³/mol. The lowest BCUT2D eigenvalue weighted by atomic mass is 9.75. The molecule has 0 aliphatic heterocycles. The van der Waals surface area contributed by atoms with Crippen LogP contribution in [0.2, 0.25) is 0 Å². The van der Waals surface area contributed by atoms with Crippen molar-refractivity contribution in [1.29, 1.82) is 0 Å². The van der Waals surface area contributed by atoms with Crippen LogP contribution in [-0.4, -0.2) is 0 Å². The predicted octanol–water partition coefficient (Wildman–Crippen LogP) is 4.04. The van der Waals surface area contributed by atoms with Gasteiger partial charge < -0.3 is 5.73 Å². The molecule has 1 saturated carbocycles. The Balaban J connectivity index is 2.06. The summed E-state index contributed by atoms with van der Waals surface area (Å²) in [6.45, 7) is 2.25. The van der Waals surface area contributed by atoms with Crippen molar-refractivity contribution in [2.24, 2.45) is 17.6 Å². The van der Waals surface area contributed by atoms with Gasteiger partial charge in [-0.15, -0.1) is 0 Å². The molecule has 1 aliphatic rings. The molecule has 2 rings (SSSR count). The molecule has 1 aliphatic carbocycles. The standard InChI is InChI=1S/C15H22FN/c1-2-11-5-3-6-12(9-11)15(17)13-7-4-8-14(16)10-13/h4,7-8,10-12,15H,2-3,5-6,9,17H2,1H3. The number of nitrogens with two attached hydrogens (primary N) is 1. The van der Waals surface area contributed by atoms with Gasteiger partial charge in [0.1, 0.15) is 5.82 Å². The summed E-state index contributed by atoms with van der Waals surface area (Å²) in [4.78, 5) is 0. The Kier molecular flexibility index (Phi) is 4.16. The van der Waals surface area contributed by atoms with Crippen LogP contribution in [0.15, 0.2) is 24.3 Å². The minimum atomic E-state index is -0.180. The molecule has 0 amide bonds. The van der Waals surface area contributed by atoms with Gasteiger partial charge in [0.15, 0.2) is 0 Å². The highest BCUT2D eigenvalue weighted by Gasteiger charge is 2.26. The normalized spacial score (nSPS) is 26.8. The highest BCUT2D eigenvalue weighted by molar-refractivity contribution is 5.20. The topological polar surface area (TPSA) is 26.0 Å². The van der Waals surface area contributed by atoms with Crippen LogP contribution in [0.4, 0.5) is 4.39 Å². The summed E-state index contributed by atoms with van der Waals surface area (Å²) in [5, 5.41) is 0. The van der Waals surface area contributed by atoms with Crippen molar-refractivity contribution in [2.45, 2.75) is 45.1 Å². The summed E-state index contributed by atoms with van der Waals surface area (Å²) < 4.78 is 13.2. The largest absolute Gasteiger partial charge is 0.324 e. The molecule has 3 unspecified atom stereocenters. The van der Waals surface area contributed by atoms with Gasteiger partial charge in [-0.1, -0.05) is 38.3 Å². The maximum absolute atomic E-state index is 13.2. The van der Waals surface area contributed by atoms with Crippen LogP contribution >= 0.6 is 0 Å². The molecule has 0 heterocycles. The lowest BCUT2D eigenvalue weighted by Gasteiger charge is -2.32. The molecular formula is C15H22FN. The van der Waals surface area contributed by atoms with Crippen LogP contribution in [0.5, 0.6) is 0 Å². The Morgan fingerprint density at radius 1 is 1.41 bits per heavy atom. The molecule has 1 aromatic carbocycles. The van der Waals surface area contributed by atoms with Crippen molar-refractivity contribution in [2.75, 3.05) is 0 Å². The van der Waals surface area contributed by atoms with E-state index in [1.54, 1.807) is 12.1 Å². The Labute approximate surface area is 103 Å². The van der Waals surface area contributed by atoms with E-state index in [4.69, 9.17) is 5.73 Å². The van der Waals surface area contributed by atoms with Gasteiger partial charge in [-0.2, -0.15) is 0 Å². The third-order valence-electron chi connectivity index (χ3n) is 4.14. The van der Waals surface area contributed by atoms with E-state index in [0.717, 1.165) is 11.5 Å². The molecule has 0 spiro atoms. The molecule has 3 atom stereocenters. The van der Waals surface area contributed by atoms with Gasteiger partial charge in [-0.05, 0) is 42.4 Å². The highest BCUT2D eigenvalue weighted by atomic mass is 19.1. The van der Waals surface area contributed by atoms with Crippen LogP contribution in [0.1, 0.15) is 50.6 Å². The average Bonchev–Trinajstić information content (AvgIpc) is 2.38. The second-order valence-corrected chi connectivity index (χ2v) is 5.28. The first kappa shape index (κ1) is 12.6. The third kappa shape index (κ3) is 3.06. The number of halogens is 1. The molecule has 2 heteroatoms. The van der Waals surface area contributed by atoms with Crippen LogP contribution in [-0.2, 0) is 0 Å². The van der Waals surface area contributed by atoms with E-state index in [-0.39, 0.29) is 11.9 Å². The summed E-state index contributed by atoms with van der Waals surface area (Å²) in [6.07, 6.45) is 6.24. The maximum atomic E-state index is 13.2. The Hall–Kier alpha value is -0.890. The molecule has 1 nitrogen and oxygen atoms in total. The molecule has 2 N–H and O–H groups in total. The van der Waals surface area contributed by atoms with Gasteiger partial charge in [-0.25, -0.2) is 4.39 Å². The molecule has 17 heavy (non-hydrogen) atoms. The van der Waals surface area contributed by atoms with E-state index >= 15 is 0 Å². The van der Waals surface area contributed by atoms with E-state index in [1.807, 2.05) is 6.07 Å². The summed E-state index contributed by atoms with van der Waals surface area (Å²) >= 11 is 0. The molecule has 1 fully saturated rings. The average molecular weight is 235 g/mol. The number of benzene rings is 1. The first-order valence-electron chi connectivity index (χ1n) is 6.71. The van der Waals surface area contributed by atoms with Gasteiger partial charge >= 0.3 is 0 Å². The van der Waals surface area contributed by atoms with E-state index in [1.165, 1.54) is 38.2 Å². The second-order valence-electron chi connectivity index (χ2n) is 5.28. The Morgan fingerprint density at radius 3 is 2.94 bits per heavy atom.